The fourth-order valence-corrected chi connectivity index (χ4v) is 0.873. The van der Waals surface area contributed by atoms with Gasteiger partial charge in [0.15, 0.2) is 0 Å². The minimum Gasteiger partial charge on any atom is -0.385 e. The van der Waals surface area contributed by atoms with Crippen LogP contribution in [-0.4, -0.2) is 35.4 Å². The fourth-order valence-electron chi connectivity index (χ4n) is 0.873. The van der Waals surface area contributed by atoms with Crippen LogP contribution in [-0.2, 0) is 4.74 Å². The van der Waals surface area contributed by atoms with Crippen LogP contribution in [0.3, 0.4) is 0 Å². The van der Waals surface area contributed by atoms with Crippen LogP contribution in [0.15, 0.2) is 0 Å². The van der Waals surface area contributed by atoms with Gasteiger partial charge in [0.25, 0.3) is 5.95 Å². The van der Waals surface area contributed by atoms with E-state index in [9.17, 15) is 0 Å². The lowest BCUT2D eigenvalue weighted by Gasteiger charge is -2.12. The number of methoxy groups -OCH3 is 1. The van der Waals surface area contributed by atoms with Crippen LogP contribution in [0.2, 0.25) is 0 Å². The number of ether oxygens (including phenoxy) is 1. The molecule has 0 unspecified atom stereocenters. The predicted octanol–water partition coefficient (Wildman–Crippen LogP) is 0.130. The predicted molar refractivity (Wildman–Crippen MR) is 60.2 cm³/mol. The van der Waals surface area contributed by atoms with Gasteiger partial charge >= 0.3 is 0 Å². The standard InChI is InChI=1S/C6H14N6O.C2H6/c1-13-4-2-3-12(8)6-9-5(7)10-11-6;1-2/h2-4,8H2,1H3,(H3,7,9,10,11);1-2H3. The van der Waals surface area contributed by atoms with Crippen LogP contribution < -0.4 is 16.6 Å². The molecule has 1 rings (SSSR count). The molecule has 0 radical (unpaired) electrons. The average Bonchev–Trinajstić information content (AvgIpc) is 2.68. The third kappa shape index (κ3) is 5.18. The van der Waals surface area contributed by atoms with Crippen molar-refractivity contribution in [3.05, 3.63) is 0 Å². The molecule has 0 aliphatic carbocycles. The Balaban J connectivity index is 0.000000921. The normalized spacial score (nSPS) is 9.33. The zero-order valence-corrected chi connectivity index (χ0v) is 9.53. The van der Waals surface area contributed by atoms with E-state index in [4.69, 9.17) is 16.3 Å². The number of nitrogens with one attached hydrogen (secondary N) is 1. The summed E-state index contributed by atoms with van der Waals surface area (Å²) in [6.07, 6.45) is 0.821. The molecule has 15 heavy (non-hydrogen) atoms. The van der Waals surface area contributed by atoms with Gasteiger partial charge in [-0.1, -0.05) is 13.8 Å². The first-order valence-electron chi connectivity index (χ1n) is 4.93. The van der Waals surface area contributed by atoms with Crippen molar-refractivity contribution in [3.63, 3.8) is 0 Å². The second-order valence-electron chi connectivity index (χ2n) is 2.56. The van der Waals surface area contributed by atoms with Crippen LogP contribution >= 0.6 is 0 Å². The molecule has 0 aliphatic rings. The summed E-state index contributed by atoms with van der Waals surface area (Å²) in [4.78, 5) is 3.86. The van der Waals surface area contributed by atoms with Crippen LogP contribution in [0.1, 0.15) is 20.3 Å². The first-order valence-corrected chi connectivity index (χ1v) is 4.93. The van der Waals surface area contributed by atoms with E-state index in [0.29, 0.717) is 19.1 Å². The molecular formula is C8H20N6O. The maximum absolute atomic E-state index is 5.63. The monoisotopic (exact) mass is 216 g/mol. The van der Waals surface area contributed by atoms with Gasteiger partial charge in [-0.05, 0) is 6.42 Å². The Hall–Kier alpha value is -1.34. The van der Waals surface area contributed by atoms with E-state index in [-0.39, 0.29) is 5.95 Å². The third-order valence-electron chi connectivity index (χ3n) is 1.50. The molecule has 1 heterocycles. The molecule has 0 fully saturated rings. The summed E-state index contributed by atoms with van der Waals surface area (Å²) in [5.41, 5.74) is 5.34. The van der Waals surface area contributed by atoms with Gasteiger partial charge in [0.05, 0.1) is 0 Å². The third-order valence-corrected chi connectivity index (χ3v) is 1.50. The van der Waals surface area contributed by atoms with Crippen LogP contribution in [0, 0.1) is 0 Å². The number of hydrazine groups is 1. The topological polar surface area (TPSA) is 106 Å². The molecule has 7 nitrogen and oxygen atoms in total. The van der Waals surface area contributed by atoms with Gasteiger partial charge < -0.3 is 10.5 Å². The highest BCUT2D eigenvalue weighted by molar-refractivity contribution is 5.31. The highest BCUT2D eigenvalue weighted by atomic mass is 16.5. The molecule has 0 saturated carbocycles. The number of nitrogens with two attached hydrogens (primary N) is 2. The van der Waals surface area contributed by atoms with E-state index >= 15 is 0 Å². The number of hydrogen-bond acceptors (Lipinski definition) is 6. The van der Waals surface area contributed by atoms with Crippen LogP contribution in [0.25, 0.3) is 0 Å². The summed E-state index contributed by atoms with van der Waals surface area (Å²) >= 11 is 0. The lowest BCUT2D eigenvalue weighted by atomic mass is 10.4. The van der Waals surface area contributed by atoms with Crippen LogP contribution in [0.5, 0.6) is 0 Å². The summed E-state index contributed by atoms with van der Waals surface area (Å²) in [7, 11) is 1.64. The summed E-state index contributed by atoms with van der Waals surface area (Å²) in [5.74, 6) is 6.28. The van der Waals surface area contributed by atoms with Gasteiger partial charge in [-0.2, -0.15) is 4.98 Å². The second-order valence-corrected chi connectivity index (χ2v) is 2.56. The molecule has 88 valence electrons. The molecule has 0 spiro atoms. The zero-order chi connectivity index (χ0) is 11.7. The number of aromatic nitrogens is 3. The Bertz CT molecular complexity index is 251. The van der Waals surface area contributed by atoms with Crippen molar-refractivity contribution in [3.8, 4) is 0 Å². The Morgan fingerprint density at radius 1 is 1.47 bits per heavy atom. The van der Waals surface area contributed by atoms with E-state index in [1.54, 1.807) is 7.11 Å². The van der Waals surface area contributed by atoms with Gasteiger partial charge in [0.1, 0.15) is 0 Å². The van der Waals surface area contributed by atoms with E-state index in [2.05, 4.69) is 15.2 Å². The molecule has 0 bridgehead atoms. The number of nitrogens with zero attached hydrogens (tertiary/aromatic N) is 3. The smallest absolute Gasteiger partial charge is 0.260 e. The molecule has 1 aromatic rings. The molecular weight excluding hydrogens is 196 g/mol. The summed E-state index contributed by atoms with van der Waals surface area (Å²) in [6, 6.07) is 0. The van der Waals surface area contributed by atoms with Crippen molar-refractivity contribution in [2.24, 2.45) is 5.84 Å². The number of rotatable bonds is 5. The van der Waals surface area contributed by atoms with Gasteiger partial charge in [-0.25, -0.2) is 10.9 Å². The maximum Gasteiger partial charge on any atom is 0.260 e. The van der Waals surface area contributed by atoms with Gasteiger partial charge in [0, 0.05) is 20.3 Å². The van der Waals surface area contributed by atoms with E-state index in [1.165, 1.54) is 5.01 Å². The minimum absolute atomic E-state index is 0.261. The largest absolute Gasteiger partial charge is 0.385 e. The second kappa shape index (κ2) is 8.01. The van der Waals surface area contributed by atoms with Crippen molar-refractivity contribution in [2.45, 2.75) is 20.3 Å². The molecule has 0 saturated heterocycles. The Morgan fingerprint density at radius 2 is 2.13 bits per heavy atom. The highest BCUT2D eigenvalue weighted by Crippen LogP contribution is 2.03. The summed E-state index contributed by atoms with van der Waals surface area (Å²) < 4.78 is 4.88. The number of hydrogen-bond donors (Lipinski definition) is 3. The van der Waals surface area contributed by atoms with Crippen LogP contribution in [0.4, 0.5) is 11.9 Å². The van der Waals surface area contributed by atoms with E-state index in [1.807, 2.05) is 13.8 Å². The van der Waals surface area contributed by atoms with Crippen molar-refractivity contribution in [2.75, 3.05) is 31.0 Å². The van der Waals surface area contributed by atoms with Gasteiger partial charge in [-0.15, -0.1) is 5.10 Å². The number of nitrogen functional groups attached to an aromatic ring is 1. The number of anilines is 2. The van der Waals surface area contributed by atoms with Crippen molar-refractivity contribution < 1.29 is 4.74 Å². The lowest BCUT2D eigenvalue weighted by molar-refractivity contribution is 0.196. The van der Waals surface area contributed by atoms with Crippen molar-refractivity contribution in [1.29, 1.82) is 0 Å². The first-order chi connectivity index (χ1) is 7.24. The van der Waals surface area contributed by atoms with Gasteiger partial charge in [0.2, 0.25) is 5.95 Å². The molecule has 1 aromatic heterocycles. The molecule has 0 aromatic carbocycles. The SMILES string of the molecule is CC.COCCCN(N)c1n[nH]c(N)n1. The van der Waals surface area contributed by atoms with Gasteiger partial charge in [-0.3, -0.25) is 5.01 Å². The number of H-pyrrole nitrogens is 1. The fraction of sp³-hybridized carbons (Fsp3) is 0.750. The molecule has 5 N–H and O–H groups in total. The van der Waals surface area contributed by atoms with E-state index < -0.39 is 0 Å². The quantitative estimate of drug-likeness (QED) is 0.367. The first kappa shape index (κ1) is 13.7. The van der Waals surface area contributed by atoms with Crippen molar-refractivity contribution >= 4 is 11.9 Å². The minimum atomic E-state index is 0.261. The molecule has 0 aliphatic heterocycles. The Morgan fingerprint density at radius 3 is 2.60 bits per heavy atom. The lowest BCUT2D eigenvalue weighted by Crippen LogP contribution is -2.33. The Kier molecular flexibility index (Phi) is 7.29. The maximum atomic E-state index is 5.63. The summed E-state index contributed by atoms with van der Waals surface area (Å²) in [5, 5.41) is 7.72. The highest BCUT2D eigenvalue weighted by Gasteiger charge is 2.05. The molecule has 0 amide bonds. The summed E-state index contributed by atoms with van der Waals surface area (Å²) in [6.45, 7) is 5.29. The molecule has 0 atom stereocenters. The average molecular weight is 216 g/mol. The number of aromatic amines is 1. The van der Waals surface area contributed by atoms with E-state index in [0.717, 1.165) is 6.42 Å². The van der Waals surface area contributed by atoms with Crippen molar-refractivity contribution in [1.82, 2.24) is 15.2 Å². The Labute approximate surface area is 89.8 Å². The molecule has 7 heteroatoms. The zero-order valence-electron chi connectivity index (χ0n) is 9.53.